The van der Waals surface area contributed by atoms with E-state index in [1.165, 1.54) is 18.2 Å². The minimum Gasteiger partial charge on any atom is -0.480 e. The van der Waals surface area contributed by atoms with Crippen LogP contribution in [0.25, 0.3) is 0 Å². The van der Waals surface area contributed by atoms with E-state index in [1.54, 1.807) is 13.0 Å². The summed E-state index contributed by atoms with van der Waals surface area (Å²) in [4.78, 5) is 72.6. The summed E-state index contributed by atoms with van der Waals surface area (Å²) in [5, 5.41) is 56.5. The second-order valence-corrected chi connectivity index (χ2v) is 13.9. The standard InChI is InChI=1S/C34H40N2O12/c1-32-12-10-21(37)15-19(32)6-7-22-23-11-13-34(45,33(23,2)16-24(38)28(22)32)25(39)17-48-27(41)9-8-26(40)35-29(31(43)44)30(42)18-4-3-5-20(14-18)36(46)47/h3-5,10,12,14-15,22-24,28-30,38,42,45H,6-9,11,13,16-17H2,1-2H3,(H,35,40)(H,43,44)/t22-,23+,24+,28+,29-,30-,32+,33+,34+/m1/s1. The number of esters is 1. The van der Waals surface area contributed by atoms with Gasteiger partial charge in [-0.3, -0.25) is 29.3 Å². The number of aliphatic hydroxyl groups is 3. The Bertz CT molecular complexity index is 1600. The van der Waals surface area contributed by atoms with E-state index in [0.717, 1.165) is 17.7 Å². The van der Waals surface area contributed by atoms with E-state index in [-0.39, 0.29) is 47.6 Å². The third kappa shape index (κ3) is 6.08. The Labute approximate surface area is 276 Å². The maximum absolute atomic E-state index is 13.5. The van der Waals surface area contributed by atoms with E-state index in [1.807, 2.05) is 13.0 Å². The number of nitro benzene ring substituents is 1. The number of amides is 1. The number of carboxylic acid groups (broad SMARTS) is 1. The summed E-state index contributed by atoms with van der Waals surface area (Å²) in [6.45, 7) is 3.06. The molecule has 0 radical (unpaired) electrons. The number of nitro groups is 1. The lowest BCUT2D eigenvalue weighted by molar-refractivity contribution is -0.385. The molecule has 14 nitrogen and oxygen atoms in total. The number of carbonyl (C=O) groups excluding carboxylic acids is 4. The second-order valence-electron chi connectivity index (χ2n) is 13.9. The molecule has 5 N–H and O–H groups in total. The maximum atomic E-state index is 13.5. The van der Waals surface area contributed by atoms with Crippen LogP contribution in [0.15, 0.2) is 48.1 Å². The van der Waals surface area contributed by atoms with Crippen molar-refractivity contribution in [2.75, 3.05) is 6.61 Å². The first-order chi connectivity index (χ1) is 22.5. The highest BCUT2D eigenvalue weighted by Gasteiger charge is 2.68. The van der Waals surface area contributed by atoms with Gasteiger partial charge >= 0.3 is 11.9 Å². The van der Waals surface area contributed by atoms with Crippen LogP contribution in [0.4, 0.5) is 5.69 Å². The first kappa shape index (κ1) is 35.0. The van der Waals surface area contributed by atoms with Crippen molar-refractivity contribution in [3.63, 3.8) is 0 Å². The normalized spacial score (nSPS) is 33.3. The van der Waals surface area contributed by atoms with Crippen molar-refractivity contribution in [3.8, 4) is 0 Å². The number of non-ortho nitro benzene ring substituents is 1. The molecule has 0 spiro atoms. The number of carboxylic acids is 1. The zero-order valence-electron chi connectivity index (χ0n) is 26.7. The van der Waals surface area contributed by atoms with Crippen molar-refractivity contribution < 1.29 is 54.1 Å². The third-order valence-electron chi connectivity index (χ3n) is 11.4. The number of aliphatic carboxylic acids is 1. The summed E-state index contributed by atoms with van der Waals surface area (Å²) >= 11 is 0. The highest BCUT2D eigenvalue weighted by atomic mass is 16.6. The first-order valence-corrected chi connectivity index (χ1v) is 16.0. The van der Waals surface area contributed by atoms with Gasteiger partial charge in [0.1, 0.15) is 11.7 Å². The van der Waals surface area contributed by atoms with E-state index in [9.17, 15) is 54.5 Å². The summed E-state index contributed by atoms with van der Waals surface area (Å²) in [5.41, 5.74) is -2.87. The molecule has 0 bridgehead atoms. The van der Waals surface area contributed by atoms with Crippen molar-refractivity contribution in [2.45, 2.75) is 82.6 Å². The summed E-state index contributed by atoms with van der Waals surface area (Å²) in [6, 6.07) is 2.78. The molecule has 0 unspecified atom stereocenters. The number of allylic oxidation sites excluding steroid dienone is 4. The van der Waals surface area contributed by atoms with Gasteiger partial charge in [-0.05, 0) is 61.7 Å². The van der Waals surface area contributed by atoms with Gasteiger partial charge in [0, 0.05) is 35.3 Å². The lowest BCUT2D eigenvalue weighted by Crippen LogP contribution is -2.61. The Morgan fingerprint density at radius 3 is 2.58 bits per heavy atom. The molecule has 1 aromatic carbocycles. The number of aliphatic hydroxyl groups excluding tert-OH is 2. The zero-order valence-corrected chi connectivity index (χ0v) is 26.7. The number of hydrogen-bond donors (Lipinski definition) is 5. The van der Waals surface area contributed by atoms with Crippen LogP contribution in [0.5, 0.6) is 0 Å². The number of ketones is 2. The second kappa shape index (κ2) is 13.0. The molecule has 0 aliphatic heterocycles. The fourth-order valence-electron chi connectivity index (χ4n) is 8.88. The molecular weight excluding hydrogens is 628 g/mol. The van der Waals surface area contributed by atoms with Gasteiger partial charge in [0.2, 0.25) is 11.7 Å². The maximum Gasteiger partial charge on any atom is 0.329 e. The molecule has 4 aliphatic carbocycles. The van der Waals surface area contributed by atoms with Gasteiger partial charge in [-0.2, -0.15) is 0 Å². The Hall–Kier alpha value is -4.27. The predicted molar refractivity (Wildman–Crippen MR) is 166 cm³/mol. The predicted octanol–water partition coefficient (Wildman–Crippen LogP) is 2.10. The molecule has 4 aliphatic rings. The van der Waals surface area contributed by atoms with Gasteiger partial charge in [0.05, 0.1) is 17.4 Å². The Balaban J connectivity index is 1.17. The summed E-state index contributed by atoms with van der Waals surface area (Å²) in [6.07, 6.45) is 3.47. The van der Waals surface area contributed by atoms with Gasteiger partial charge < -0.3 is 30.5 Å². The molecule has 5 rings (SSSR count). The molecule has 3 saturated carbocycles. The number of ether oxygens (including phenoxy) is 1. The van der Waals surface area contributed by atoms with Crippen molar-refractivity contribution in [1.29, 1.82) is 0 Å². The molecule has 14 heteroatoms. The summed E-state index contributed by atoms with van der Waals surface area (Å²) < 4.78 is 5.12. The quantitative estimate of drug-likeness (QED) is 0.130. The first-order valence-electron chi connectivity index (χ1n) is 16.0. The van der Waals surface area contributed by atoms with E-state index in [4.69, 9.17) is 4.74 Å². The monoisotopic (exact) mass is 668 g/mol. The number of fused-ring (bicyclic) bond motifs is 5. The number of nitrogens with zero attached hydrogens (tertiary/aromatic N) is 1. The van der Waals surface area contributed by atoms with Gasteiger partial charge in [0.25, 0.3) is 5.69 Å². The SMILES string of the molecule is C[C@]12C=CC(=O)C=C1CC[C@H]1[C@H]2[C@@H](O)C[C@@]2(C)[C@H]1CC[C@]2(O)C(=O)COC(=O)CCC(=O)N[C@@H](C(=O)O)[C@H](O)c1cccc([N+](=O)[O-])c1. The summed E-state index contributed by atoms with van der Waals surface area (Å²) in [5.74, 6) is -4.57. The highest BCUT2D eigenvalue weighted by molar-refractivity contribution is 6.01. The van der Waals surface area contributed by atoms with Gasteiger partial charge in [-0.15, -0.1) is 0 Å². The van der Waals surface area contributed by atoms with E-state index < -0.39 is 82.7 Å². The fourth-order valence-corrected chi connectivity index (χ4v) is 8.88. The van der Waals surface area contributed by atoms with E-state index in [2.05, 4.69) is 5.32 Å². The molecule has 1 aromatic rings. The van der Waals surface area contributed by atoms with Crippen LogP contribution in [0.2, 0.25) is 0 Å². The van der Waals surface area contributed by atoms with Gasteiger partial charge in [0.15, 0.2) is 18.4 Å². The van der Waals surface area contributed by atoms with E-state index in [0.29, 0.717) is 19.3 Å². The van der Waals surface area contributed by atoms with Crippen LogP contribution in [-0.2, 0) is 28.7 Å². The van der Waals surface area contributed by atoms with E-state index >= 15 is 0 Å². The number of rotatable bonds is 11. The minimum absolute atomic E-state index is 0.00760. The van der Waals surface area contributed by atoms with Crippen molar-refractivity contribution >= 4 is 35.1 Å². The molecular formula is C34H40N2O12. The van der Waals surface area contributed by atoms with Crippen LogP contribution in [0.3, 0.4) is 0 Å². The lowest BCUT2D eigenvalue weighted by atomic mass is 9.46. The average molecular weight is 669 g/mol. The van der Waals surface area contributed by atoms with Crippen LogP contribution in [-0.4, -0.2) is 79.1 Å². The highest BCUT2D eigenvalue weighted by Crippen LogP contribution is 2.67. The van der Waals surface area contributed by atoms with Crippen molar-refractivity contribution in [2.24, 2.45) is 28.6 Å². The van der Waals surface area contributed by atoms with Gasteiger partial charge in [-0.1, -0.05) is 37.6 Å². The lowest BCUT2D eigenvalue weighted by Gasteiger charge is -2.59. The number of hydrogen-bond acceptors (Lipinski definition) is 11. The molecule has 9 atom stereocenters. The van der Waals surface area contributed by atoms with Crippen molar-refractivity contribution in [3.05, 3.63) is 63.7 Å². The van der Waals surface area contributed by atoms with Crippen LogP contribution in [0, 0.1) is 38.7 Å². The molecule has 0 saturated heterocycles. The van der Waals surface area contributed by atoms with Crippen LogP contribution < -0.4 is 5.32 Å². The largest absolute Gasteiger partial charge is 0.480 e. The molecule has 1 amide bonds. The van der Waals surface area contributed by atoms with Gasteiger partial charge in [-0.25, -0.2) is 4.79 Å². The smallest absolute Gasteiger partial charge is 0.329 e. The Kier molecular flexibility index (Phi) is 9.47. The molecule has 0 aromatic heterocycles. The van der Waals surface area contributed by atoms with Crippen molar-refractivity contribution in [1.82, 2.24) is 5.32 Å². The summed E-state index contributed by atoms with van der Waals surface area (Å²) in [7, 11) is 0. The molecule has 48 heavy (non-hydrogen) atoms. The topological polar surface area (TPSA) is 231 Å². The molecule has 3 fully saturated rings. The number of benzene rings is 1. The third-order valence-corrected chi connectivity index (χ3v) is 11.4. The Morgan fingerprint density at radius 2 is 1.90 bits per heavy atom. The molecule has 258 valence electrons. The zero-order chi connectivity index (χ0) is 35.2. The fraction of sp³-hybridized carbons (Fsp3) is 0.559. The minimum atomic E-state index is -1.88. The Morgan fingerprint density at radius 1 is 1.17 bits per heavy atom. The average Bonchev–Trinajstić information content (AvgIpc) is 3.31. The van der Waals surface area contributed by atoms with Crippen LogP contribution >= 0.6 is 0 Å². The number of carbonyl (C=O) groups is 5. The number of nitrogens with one attached hydrogen (secondary N) is 1. The number of Topliss-reactive ketones (excluding diaryl/α,β-unsaturated/α-hetero) is 1. The van der Waals surface area contributed by atoms with Crippen LogP contribution in [0.1, 0.15) is 70.5 Å². The molecule has 0 heterocycles.